The maximum Gasteiger partial charge on any atom is 0.265 e. The van der Waals surface area contributed by atoms with Crippen molar-refractivity contribution in [3.8, 4) is 23.6 Å². The third-order valence-electron chi connectivity index (χ3n) is 17.1. The number of halogens is 2. The minimum Gasteiger partial charge on any atom is -0.495 e. The fraction of sp³-hybridized carbons (Fsp3) is 0.545. The lowest BCUT2D eigenvalue weighted by Gasteiger charge is -2.63. The van der Waals surface area contributed by atoms with Crippen LogP contribution in [0.15, 0.2) is 54.6 Å². The molecule has 15 heteroatoms. The number of alkyl halides is 2. The highest BCUT2D eigenvalue weighted by Gasteiger charge is 2.64. The van der Waals surface area contributed by atoms with Crippen molar-refractivity contribution in [1.82, 2.24) is 24.9 Å². The van der Waals surface area contributed by atoms with Crippen molar-refractivity contribution in [2.24, 2.45) is 16.2 Å². The number of carbonyl (C=O) groups is 2. The summed E-state index contributed by atoms with van der Waals surface area (Å²) in [4.78, 5) is 35.4. The first kappa shape index (κ1) is 47.5. The Kier molecular flexibility index (Phi) is 12.3. The highest BCUT2D eigenvalue weighted by molar-refractivity contribution is 5.95. The van der Waals surface area contributed by atoms with Gasteiger partial charge in [-0.15, -0.1) is 0 Å². The van der Waals surface area contributed by atoms with E-state index >= 15 is 0 Å². The monoisotopic (exact) mass is 954 g/mol. The number of piperidine rings is 1. The second kappa shape index (κ2) is 18.2. The van der Waals surface area contributed by atoms with Crippen LogP contribution in [0.3, 0.4) is 0 Å². The number of aromatic nitrogens is 2. The summed E-state index contributed by atoms with van der Waals surface area (Å²) in [5.74, 6) is 1.77. The van der Waals surface area contributed by atoms with Crippen LogP contribution in [0.4, 0.5) is 26.0 Å². The van der Waals surface area contributed by atoms with E-state index in [1.54, 1.807) is 31.2 Å². The van der Waals surface area contributed by atoms with Crippen LogP contribution in [-0.2, 0) is 24.2 Å². The van der Waals surface area contributed by atoms with Crippen molar-refractivity contribution in [1.29, 1.82) is 10.5 Å². The van der Waals surface area contributed by atoms with Crippen LogP contribution in [0.25, 0.3) is 0 Å². The molecule has 2 saturated carbocycles. The fourth-order valence-corrected chi connectivity index (χ4v) is 13.5. The fourth-order valence-electron chi connectivity index (χ4n) is 13.5. The molecule has 2 saturated heterocycles. The zero-order chi connectivity index (χ0) is 49.3. The zero-order valence-electron chi connectivity index (χ0n) is 41.4. The number of hydrogen-bond acceptors (Lipinski definition) is 10. The summed E-state index contributed by atoms with van der Waals surface area (Å²) < 4.78 is 42.5. The summed E-state index contributed by atoms with van der Waals surface area (Å²) in [6.45, 7) is 15.8. The van der Waals surface area contributed by atoms with Crippen LogP contribution in [0.1, 0.15) is 136 Å². The Morgan fingerprint density at radius 3 is 2.20 bits per heavy atom. The maximum atomic E-state index is 14.2. The Bertz CT molecular complexity index is 2730. The minimum atomic E-state index is -2.76. The van der Waals surface area contributed by atoms with Crippen molar-refractivity contribution in [3.05, 3.63) is 93.7 Å². The van der Waals surface area contributed by atoms with Gasteiger partial charge >= 0.3 is 0 Å². The quantitative estimate of drug-likeness (QED) is 0.164. The van der Waals surface area contributed by atoms with E-state index in [1.165, 1.54) is 38.9 Å². The maximum absolute atomic E-state index is 14.2. The topological polar surface area (TPSA) is 143 Å². The van der Waals surface area contributed by atoms with E-state index in [1.807, 2.05) is 23.1 Å². The standard InChI is InChI=1S/C55H65F2N9O4/c1-34(67)63-25-19-45-44(31-63)49(65-22-7-8-36-26-38(30-59)43(48(56)57)28-46(36)65)61-66(45)41-17-23-62(24-18-41)40-15-20-55(21-16-40)32-64(33-55)39-12-9-35(10-13-39)50(68)60-51-53(2,3)52(54(51,4)5)70-42-14-11-37(29-58)47(27-42)69-6/h9-14,26-28,40-41,48,51-52H,7-8,15-25,31-33H2,1-6H3,(H,60,68). The first-order valence-electron chi connectivity index (χ1n) is 25.2. The Morgan fingerprint density at radius 2 is 1.56 bits per heavy atom. The van der Waals surface area contributed by atoms with E-state index in [2.05, 4.69) is 70.6 Å². The molecular formula is C55H65F2N9O4. The van der Waals surface area contributed by atoms with Crippen LogP contribution in [0, 0.1) is 38.9 Å². The second-order valence-electron chi connectivity index (χ2n) is 22.0. The molecule has 0 atom stereocenters. The van der Waals surface area contributed by atoms with Crippen LogP contribution < -0.4 is 24.6 Å². The zero-order valence-corrected chi connectivity index (χ0v) is 41.4. The number of nitriles is 2. The van der Waals surface area contributed by atoms with E-state index in [9.17, 15) is 28.9 Å². The highest BCUT2D eigenvalue weighted by Crippen LogP contribution is 2.56. The number of fused-ring (bicyclic) bond motifs is 2. The number of hydrogen-bond donors (Lipinski definition) is 1. The van der Waals surface area contributed by atoms with E-state index in [0.717, 1.165) is 73.8 Å². The molecule has 10 rings (SSSR count). The summed E-state index contributed by atoms with van der Waals surface area (Å²) >= 11 is 0. The normalized spacial score (nSPS) is 22.8. The molecule has 6 aliphatic rings. The Hall–Kier alpha value is -6.19. The SMILES string of the molecule is COc1cc(OC2C(C)(C)C(NC(=O)c3ccc(N4CC5(CCC(N6CCC(n7nc(N8CCCc9cc(C#N)c(C(F)F)cc98)c8c7CCN(C(C)=O)C8)CC6)CC5)C4)cc3)C2(C)C)ccc1C#N. The third kappa shape index (κ3) is 8.31. The number of ether oxygens (including phenoxy) is 2. The third-order valence-corrected chi connectivity index (χ3v) is 17.1. The molecule has 4 fully saturated rings. The van der Waals surface area contributed by atoms with Gasteiger partial charge in [0.25, 0.3) is 12.3 Å². The lowest BCUT2D eigenvalue weighted by molar-refractivity contribution is -0.164. The lowest BCUT2D eigenvalue weighted by atomic mass is 9.49. The average Bonchev–Trinajstić information content (AvgIpc) is 3.74. The highest BCUT2D eigenvalue weighted by atomic mass is 19.3. The van der Waals surface area contributed by atoms with Gasteiger partial charge in [-0.3, -0.25) is 14.3 Å². The summed E-state index contributed by atoms with van der Waals surface area (Å²) in [5, 5.41) is 27.7. The van der Waals surface area contributed by atoms with Gasteiger partial charge in [0.15, 0.2) is 5.82 Å². The number of methoxy groups -OCH3 is 1. The number of nitrogens with zero attached hydrogens (tertiary/aromatic N) is 8. The van der Waals surface area contributed by atoms with E-state index < -0.39 is 6.43 Å². The summed E-state index contributed by atoms with van der Waals surface area (Å²) in [5.41, 5.74) is 5.37. The van der Waals surface area contributed by atoms with E-state index in [4.69, 9.17) is 14.6 Å². The van der Waals surface area contributed by atoms with Crippen molar-refractivity contribution in [3.63, 3.8) is 0 Å². The number of likely N-dealkylation sites (tertiary alicyclic amines) is 1. The second-order valence-corrected chi connectivity index (χ2v) is 22.0. The summed E-state index contributed by atoms with van der Waals surface area (Å²) in [6.07, 6.45) is 6.02. The van der Waals surface area contributed by atoms with E-state index in [0.29, 0.717) is 72.2 Å². The summed E-state index contributed by atoms with van der Waals surface area (Å²) in [6, 6.07) is 21.2. The minimum absolute atomic E-state index is 0.0135. The molecule has 13 nitrogen and oxygen atoms in total. The molecule has 1 N–H and O–H groups in total. The first-order chi connectivity index (χ1) is 33.5. The number of carbonyl (C=O) groups excluding carboxylic acids is 2. The molecule has 0 unspecified atom stereocenters. The van der Waals surface area contributed by atoms with Crippen LogP contribution in [-0.4, -0.2) is 96.0 Å². The van der Waals surface area contributed by atoms with Crippen molar-refractivity contribution >= 4 is 29.0 Å². The molecule has 1 aromatic heterocycles. The largest absolute Gasteiger partial charge is 0.495 e. The Morgan fingerprint density at radius 1 is 0.857 bits per heavy atom. The molecule has 0 bridgehead atoms. The number of benzene rings is 3. The number of aryl methyl sites for hydroxylation is 1. The van der Waals surface area contributed by atoms with Gasteiger partial charge < -0.3 is 34.4 Å². The molecule has 4 aromatic rings. The Balaban J connectivity index is 0.728. The van der Waals surface area contributed by atoms with Gasteiger partial charge in [-0.1, -0.05) is 27.7 Å². The molecular weight excluding hydrogens is 889 g/mol. The number of anilines is 3. The van der Waals surface area contributed by atoms with Gasteiger partial charge in [-0.05, 0) is 105 Å². The number of amides is 2. The molecule has 70 heavy (non-hydrogen) atoms. The van der Waals surface area contributed by atoms with Crippen molar-refractivity contribution in [2.45, 2.75) is 130 Å². The van der Waals surface area contributed by atoms with Crippen LogP contribution in [0.2, 0.25) is 0 Å². The molecule has 1 spiro atoms. The van der Waals surface area contributed by atoms with Gasteiger partial charge in [0.2, 0.25) is 5.91 Å². The summed E-state index contributed by atoms with van der Waals surface area (Å²) in [7, 11) is 1.54. The molecule has 368 valence electrons. The predicted octanol–water partition coefficient (Wildman–Crippen LogP) is 9.26. The number of rotatable bonds is 10. The van der Waals surface area contributed by atoms with Gasteiger partial charge in [0.1, 0.15) is 23.7 Å². The van der Waals surface area contributed by atoms with Crippen molar-refractivity contribution < 1.29 is 27.8 Å². The van der Waals surface area contributed by atoms with Gasteiger partial charge in [0, 0.05) is 121 Å². The average molecular weight is 954 g/mol. The predicted molar refractivity (Wildman–Crippen MR) is 263 cm³/mol. The molecule has 2 amide bonds. The smallest absolute Gasteiger partial charge is 0.265 e. The lowest BCUT2D eigenvalue weighted by Crippen LogP contribution is -2.74. The number of nitrogens with one attached hydrogen (secondary N) is 1. The van der Waals surface area contributed by atoms with E-state index in [-0.39, 0.29) is 52.0 Å². The van der Waals surface area contributed by atoms with Gasteiger partial charge in [0.05, 0.1) is 36.9 Å². The van der Waals surface area contributed by atoms with Crippen molar-refractivity contribution in [2.75, 3.05) is 56.2 Å². The first-order valence-corrected chi connectivity index (χ1v) is 25.2. The molecule has 4 aliphatic heterocycles. The van der Waals surface area contributed by atoms with Gasteiger partial charge in [-0.25, -0.2) is 8.78 Å². The van der Waals surface area contributed by atoms with Gasteiger partial charge in [-0.2, -0.15) is 15.6 Å². The van der Waals surface area contributed by atoms with Crippen LogP contribution >= 0.6 is 0 Å². The molecule has 5 heterocycles. The molecule has 0 radical (unpaired) electrons. The van der Waals surface area contributed by atoms with Crippen LogP contribution in [0.5, 0.6) is 11.5 Å². The Labute approximate surface area is 410 Å². The molecule has 3 aromatic carbocycles. The molecule has 2 aliphatic carbocycles.